The van der Waals surface area contributed by atoms with Gasteiger partial charge in [0.15, 0.2) is 12.6 Å². The summed E-state index contributed by atoms with van der Waals surface area (Å²) in [5.74, 6) is 1.38. The number of hydrogen-bond donors (Lipinski definition) is 2. The molecule has 0 bridgehead atoms. The molecule has 7 nitrogen and oxygen atoms in total. The van der Waals surface area contributed by atoms with E-state index in [1.165, 1.54) is 0 Å². The molecule has 1 aromatic rings. The van der Waals surface area contributed by atoms with Crippen LogP contribution in [0, 0.1) is 23.7 Å². The second-order valence-corrected chi connectivity index (χ2v) is 9.44. The number of benzene rings is 1. The van der Waals surface area contributed by atoms with Crippen molar-refractivity contribution in [2.75, 3.05) is 20.3 Å². The van der Waals surface area contributed by atoms with Gasteiger partial charge >= 0.3 is 0 Å². The molecule has 0 saturated carbocycles. The van der Waals surface area contributed by atoms with E-state index in [1.807, 2.05) is 44.2 Å². The molecule has 3 saturated heterocycles. The third-order valence-electron chi connectivity index (χ3n) is 7.53. The van der Waals surface area contributed by atoms with E-state index >= 15 is 0 Å². The number of aliphatic hydroxyl groups is 2. The zero-order chi connectivity index (χ0) is 23.4. The third kappa shape index (κ3) is 5.53. The molecule has 0 radical (unpaired) electrons. The zero-order valence-electron chi connectivity index (χ0n) is 20.1. The van der Waals surface area contributed by atoms with Gasteiger partial charge in [-0.2, -0.15) is 0 Å². The lowest BCUT2D eigenvalue weighted by Crippen LogP contribution is -2.57. The van der Waals surface area contributed by atoms with Gasteiger partial charge in [0.05, 0.1) is 31.5 Å². The number of ether oxygens (including phenoxy) is 5. The molecule has 7 heteroatoms. The molecule has 3 heterocycles. The predicted molar refractivity (Wildman–Crippen MR) is 120 cm³/mol. The predicted octanol–water partition coefficient (Wildman–Crippen LogP) is 3.14. The fourth-order valence-electron chi connectivity index (χ4n) is 4.69. The van der Waals surface area contributed by atoms with Crippen molar-refractivity contribution in [3.05, 3.63) is 35.9 Å². The molecular formula is C25H40O7. The van der Waals surface area contributed by atoms with Crippen LogP contribution in [0.4, 0.5) is 0 Å². The first-order valence-electron chi connectivity index (χ1n) is 11.7. The molecule has 182 valence electrons. The van der Waals surface area contributed by atoms with E-state index in [-0.39, 0.29) is 43.2 Å². The van der Waals surface area contributed by atoms with Crippen molar-refractivity contribution in [1.82, 2.24) is 0 Å². The third-order valence-corrected chi connectivity index (χ3v) is 7.53. The standard InChI is InChI=1S/C15H20O4.C10H20O3/c1-9-10(2)18-12-8-17-15(19-14(12)13(9)16)11-6-4-3-5-7-11;1-6-7(2)9(5-11)13-10(12-4)8(6)3/h3-7,9-10,12-16H,8H2,1-2H3;6-11H,5H2,1-4H3/t9?,10-,12?,13-,14-,15?;6-,7-,8?,9?,10-/m10/s1. The highest BCUT2D eigenvalue weighted by Gasteiger charge is 2.46. The molecule has 2 N–H and O–H groups in total. The Labute approximate surface area is 192 Å². The van der Waals surface area contributed by atoms with Gasteiger partial charge in [0.1, 0.15) is 12.2 Å². The molecule has 3 fully saturated rings. The summed E-state index contributed by atoms with van der Waals surface area (Å²) in [7, 11) is 1.65. The van der Waals surface area contributed by atoms with Crippen molar-refractivity contribution < 1.29 is 33.9 Å². The molecule has 0 spiro atoms. The van der Waals surface area contributed by atoms with Crippen molar-refractivity contribution in [2.45, 2.75) is 77.7 Å². The Morgan fingerprint density at radius 3 is 2.22 bits per heavy atom. The highest BCUT2D eigenvalue weighted by molar-refractivity contribution is 5.16. The summed E-state index contributed by atoms with van der Waals surface area (Å²) in [6.07, 6.45) is -1.63. The molecule has 3 aliphatic rings. The van der Waals surface area contributed by atoms with Crippen LogP contribution in [0.1, 0.15) is 46.5 Å². The minimum absolute atomic E-state index is 0.0247. The Morgan fingerprint density at radius 2 is 1.59 bits per heavy atom. The van der Waals surface area contributed by atoms with E-state index in [9.17, 15) is 5.11 Å². The van der Waals surface area contributed by atoms with Gasteiger partial charge in [0.25, 0.3) is 0 Å². The van der Waals surface area contributed by atoms with Gasteiger partial charge in [-0.25, -0.2) is 0 Å². The molecular weight excluding hydrogens is 412 g/mol. The highest BCUT2D eigenvalue weighted by atomic mass is 16.7. The second kappa shape index (κ2) is 11.4. The summed E-state index contributed by atoms with van der Waals surface area (Å²) < 4.78 is 28.3. The highest BCUT2D eigenvalue weighted by Crippen LogP contribution is 2.36. The summed E-state index contributed by atoms with van der Waals surface area (Å²) in [5, 5.41) is 19.4. The maximum Gasteiger partial charge on any atom is 0.184 e. The van der Waals surface area contributed by atoms with Crippen molar-refractivity contribution in [3.63, 3.8) is 0 Å². The van der Waals surface area contributed by atoms with Crippen LogP contribution >= 0.6 is 0 Å². The lowest BCUT2D eigenvalue weighted by atomic mass is 9.79. The van der Waals surface area contributed by atoms with Crippen LogP contribution in [-0.4, -0.2) is 67.3 Å². The van der Waals surface area contributed by atoms with Crippen LogP contribution in [0.3, 0.4) is 0 Å². The zero-order valence-corrected chi connectivity index (χ0v) is 20.1. The maximum atomic E-state index is 10.3. The monoisotopic (exact) mass is 452 g/mol. The molecule has 0 amide bonds. The number of aliphatic hydroxyl groups excluding tert-OH is 2. The number of hydrogen-bond acceptors (Lipinski definition) is 7. The molecule has 32 heavy (non-hydrogen) atoms. The second-order valence-electron chi connectivity index (χ2n) is 9.44. The van der Waals surface area contributed by atoms with Gasteiger partial charge in [0.2, 0.25) is 0 Å². The van der Waals surface area contributed by atoms with Crippen molar-refractivity contribution in [1.29, 1.82) is 0 Å². The van der Waals surface area contributed by atoms with Crippen LogP contribution in [0.5, 0.6) is 0 Å². The molecule has 1 aromatic carbocycles. The van der Waals surface area contributed by atoms with E-state index in [0.717, 1.165) is 5.56 Å². The fourth-order valence-corrected chi connectivity index (χ4v) is 4.69. The van der Waals surface area contributed by atoms with Gasteiger partial charge in [-0.1, -0.05) is 58.0 Å². The van der Waals surface area contributed by atoms with Crippen LogP contribution < -0.4 is 0 Å². The topological polar surface area (TPSA) is 86.6 Å². The van der Waals surface area contributed by atoms with Gasteiger partial charge in [-0.15, -0.1) is 0 Å². The minimum atomic E-state index is -0.510. The van der Waals surface area contributed by atoms with Crippen LogP contribution in [-0.2, 0) is 23.7 Å². The van der Waals surface area contributed by atoms with Crippen LogP contribution in [0.2, 0.25) is 0 Å². The molecule has 4 rings (SSSR count). The maximum absolute atomic E-state index is 10.3. The minimum Gasteiger partial charge on any atom is -0.394 e. The molecule has 11 atom stereocenters. The summed E-state index contributed by atoms with van der Waals surface area (Å²) in [4.78, 5) is 0. The summed E-state index contributed by atoms with van der Waals surface area (Å²) in [5.41, 5.74) is 0.972. The number of fused-ring (bicyclic) bond motifs is 1. The molecule has 5 unspecified atom stereocenters. The smallest absolute Gasteiger partial charge is 0.184 e. The van der Waals surface area contributed by atoms with Crippen LogP contribution in [0.25, 0.3) is 0 Å². The quantitative estimate of drug-likeness (QED) is 0.729. The molecule has 0 aromatic heterocycles. The van der Waals surface area contributed by atoms with Crippen molar-refractivity contribution in [2.24, 2.45) is 23.7 Å². The lowest BCUT2D eigenvalue weighted by molar-refractivity contribution is -0.318. The average Bonchev–Trinajstić information content (AvgIpc) is 2.82. The van der Waals surface area contributed by atoms with E-state index in [4.69, 9.17) is 28.8 Å². The first-order chi connectivity index (χ1) is 15.3. The van der Waals surface area contributed by atoms with Gasteiger partial charge in [-0.05, 0) is 18.8 Å². The Balaban J connectivity index is 0.000000195. The Morgan fingerprint density at radius 1 is 0.906 bits per heavy atom. The van der Waals surface area contributed by atoms with Crippen molar-refractivity contribution >= 4 is 0 Å². The molecule has 3 aliphatic heterocycles. The van der Waals surface area contributed by atoms with Crippen molar-refractivity contribution in [3.8, 4) is 0 Å². The Kier molecular flexibility index (Phi) is 9.09. The first kappa shape index (κ1) is 25.6. The fraction of sp³-hybridized carbons (Fsp3) is 0.760. The van der Waals surface area contributed by atoms with Gasteiger partial charge in [-0.3, -0.25) is 0 Å². The molecule has 0 aliphatic carbocycles. The van der Waals surface area contributed by atoms with Crippen LogP contribution in [0.15, 0.2) is 30.3 Å². The van der Waals surface area contributed by atoms with E-state index in [2.05, 4.69) is 20.8 Å². The number of methoxy groups -OCH3 is 1. The first-order valence-corrected chi connectivity index (χ1v) is 11.7. The summed E-state index contributed by atoms with van der Waals surface area (Å²) in [6.45, 7) is 10.9. The lowest BCUT2D eigenvalue weighted by Gasteiger charge is -2.46. The van der Waals surface area contributed by atoms with E-state index in [1.54, 1.807) is 7.11 Å². The Hall–Kier alpha value is -1.06. The normalized spacial score (nSPS) is 44.2. The largest absolute Gasteiger partial charge is 0.394 e. The number of rotatable bonds is 3. The SMILES string of the molecule is CC1[C@@H](O)[C@@H]2OC(c3ccccc3)OCC2O[C@@H]1C.CO[C@H]1OC(CO)[C@@H](C)[C@H](C)C1C. The average molecular weight is 453 g/mol. The summed E-state index contributed by atoms with van der Waals surface area (Å²) in [6, 6.07) is 9.79. The van der Waals surface area contributed by atoms with E-state index < -0.39 is 12.4 Å². The summed E-state index contributed by atoms with van der Waals surface area (Å²) >= 11 is 0. The Bertz CT molecular complexity index is 664. The van der Waals surface area contributed by atoms with Gasteiger partial charge < -0.3 is 33.9 Å². The van der Waals surface area contributed by atoms with Gasteiger partial charge in [0, 0.05) is 24.5 Å². The van der Waals surface area contributed by atoms with E-state index in [0.29, 0.717) is 24.4 Å².